The van der Waals surface area contributed by atoms with Gasteiger partial charge in [0.25, 0.3) is 11.8 Å². The van der Waals surface area contributed by atoms with E-state index in [1.807, 2.05) is 0 Å². The Balaban J connectivity index is 1.77. The van der Waals surface area contributed by atoms with Crippen molar-refractivity contribution >= 4 is 11.8 Å². The number of hydrogen-bond donors (Lipinski definition) is 2. The molecule has 0 aromatic heterocycles. The highest BCUT2D eigenvalue weighted by molar-refractivity contribution is 6.20. The summed E-state index contributed by atoms with van der Waals surface area (Å²) < 4.78 is 0. The van der Waals surface area contributed by atoms with Crippen LogP contribution in [0.3, 0.4) is 0 Å². The van der Waals surface area contributed by atoms with Gasteiger partial charge < -0.3 is 10.6 Å². The number of nitrogens with one attached hydrogen (secondary N) is 2. The molecule has 4 aliphatic rings. The molecule has 2 heterocycles. The van der Waals surface area contributed by atoms with Crippen LogP contribution in [0.2, 0.25) is 0 Å². The van der Waals surface area contributed by atoms with Crippen molar-refractivity contribution in [3.63, 3.8) is 0 Å². The average molecular weight is 324 g/mol. The fraction of sp³-hybridized carbons (Fsp3) is 0.500. The van der Waals surface area contributed by atoms with Crippen LogP contribution in [0.5, 0.6) is 0 Å². The van der Waals surface area contributed by atoms with Crippen LogP contribution in [-0.4, -0.2) is 11.8 Å². The van der Waals surface area contributed by atoms with Gasteiger partial charge in [0, 0.05) is 0 Å². The number of rotatable bonds is 2. The summed E-state index contributed by atoms with van der Waals surface area (Å²) in [6, 6.07) is 0. The molecule has 0 aromatic rings. The van der Waals surface area contributed by atoms with Gasteiger partial charge in [0.15, 0.2) is 0 Å². The summed E-state index contributed by atoms with van der Waals surface area (Å²) in [6.45, 7) is 0. The third kappa shape index (κ3) is 2.64. The van der Waals surface area contributed by atoms with Gasteiger partial charge in [0.1, 0.15) is 0 Å². The first-order valence-electron chi connectivity index (χ1n) is 9.26. The van der Waals surface area contributed by atoms with Crippen molar-refractivity contribution in [1.82, 2.24) is 10.6 Å². The third-order valence-electron chi connectivity index (χ3n) is 5.41. The van der Waals surface area contributed by atoms with E-state index in [2.05, 4.69) is 22.8 Å². The lowest BCUT2D eigenvalue weighted by molar-refractivity contribution is -0.117. The van der Waals surface area contributed by atoms with E-state index in [1.165, 1.54) is 25.7 Å². The lowest BCUT2D eigenvalue weighted by atomic mass is 9.98. The maximum Gasteiger partial charge on any atom is 0.258 e. The Morgan fingerprint density at radius 1 is 0.625 bits per heavy atom. The quantitative estimate of drug-likeness (QED) is 0.816. The lowest BCUT2D eigenvalue weighted by Gasteiger charge is -2.10. The van der Waals surface area contributed by atoms with Crippen molar-refractivity contribution in [3.05, 3.63) is 45.8 Å². The van der Waals surface area contributed by atoms with Crippen LogP contribution in [0.15, 0.2) is 45.8 Å². The molecule has 0 radical (unpaired) electrons. The molecule has 2 amide bonds. The number of fused-ring (bicyclic) bond motifs is 1. The van der Waals surface area contributed by atoms with Crippen LogP contribution >= 0.6 is 0 Å². The zero-order valence-corrected chi connectivity index (χ0v) is 14.0. The molecular formula is C20H24N2O2. The maximum absolute atomic E-state index is 12.6. The normalized spacial score (nSPS) is 24.8. The summed E-state index contributed by atoms with van der Waals surface area (Å²) in [5.74, 6) is -0.243. The highest BCUT2D eigenvalue weighted by Crippen LogP contribution is 2.38. The fourth-order valence-corrected chi connectivity index (χ4v) is 4.15. The van der Waals surface area contributed by atoms with Crippen LogP contribution in [0, 0.1) is 0 Å². The van der Waals surface area contributed by atoms with Crippen LogP contribution < -0.4 is 10.6 Å². The largest absolute Gasteiger partial charge is 0.321 e. The highest BCUT2D eigenvalue weighted by Gasteiger charge is 2.41. The number of hydrogen-bond acceptors (Lipinski definition) is 2. The van der Waals surface area contributed by atoms with Crippen molar-refractivity contribution in [2.24, 2.45) is 0 Å². The first-order chi connectivity index (χ1) is 11.8. The fourth-order valence-electron chi connectivity index (χ4n) is 4.15. The van der Waals surface area contributed by atoms with Gasteiger partial charge in [-0.15, -0.1) is 0 Å². The van der Waals surface area contributed by atoms with E-state index in [-0.39, 0.29) is 11.8 Å². The zero-order chi connectivity index (χ0) is 16.5. The summed E-state index contributed by atoms with van der Waals surface area (Å²) in [5, 5.41) is 5.99. The van der Waals surface area contributed by atoms with Crippen molar-refractivity contribution in [2.75, 3.05) is 0 Å². The molecule has 4 rings (SSSR count). The maximum atomic E-state index is 12.6. The molecule has 0 saturated heterocycles. The Morgan fingerprint density at radius 2 is 1.08 bits per heavy atom. The van der Waals surface area contributed by atoms with Gasteiger partial charge in [0.2, 0.25) is 0 Å². The molecule has 4 nitrogen and oxygen atoms in total. The Bertz CT molecular complexity index is 660. The topological polar surface area (TPSA) is 58.2 Å². The van der Waals surface area contributed by atoms with E-state index >= 15 is 0 Å². The SMILES string of the molecule is O=C1NC(C2=CCCCCC2)=C2C(=O)NC(C3=CCCCCC3)=C12. The first kappa shape index (κ1) is 15.4. The summed E-state index contributed by atoms with van der Waals surface area (Å²) in [7, 11) is 0. The van der Waals surface area contributed by atoms with Gasteiger partial charge in [-0.3, -0.25) is 9.59 Å². The number of carbonyl (C=O) groups excluding carboxylic acids is 2. The van der Waals surface area contributed by atoms with Crippen molar-refractivity contribution < 1.29 is 9.59 Å². The molecule has 0 spiro atoms. The predicted molar refractivity (Wildman–Crippen MR) is 92.7 cm³/mol. The second-order valence-corrected chi connectivity index (χ2v) is 7.07. The molecule has 2 aliphatic carbocycles. The van der Waals surface area contributed by atoms with Crippen LogP contribution in [0.25, 0.3) is 0 Å². The summed E-state index contributed by atoms with van der Waals surface area (Å²) in [4.78, 5) is 25.2. The average Bonchev–Trinajstić information content (AvgIpc) is 2.88. The Labute approximate surface area is 142 Å². The van der Waals surface area contributed by atoms with E-state index in [1.54, 1.807) is 0 Å². The number of allylic oxidation sites excluding steroid dienone is 4. The van der Waals surface area contributed by atoms with Crippen molar-refractivity contribution in [2.45, 2.75) is 64.2 Å². The summed E-state index contributed by atoms with van der Waals surface area (Å²) in [5.41, 5.74) is 4.95. The molecule has 0 unspecified atom stereocenters. The molecule has 126 valence electrons. The molecular weight excluding hydrogens is 300 g/mol. The molecule has 0 saturated carbocycles. The van der Waals surface area contributed by atoms with E-state index in [4.69, 9.17) is 0 Å². The minimum Gasteiger partial charge on any atom is -0.321 e. The molecule has 2 aliphatic heterocycles. The lowest BCUT2D eigenvalue weighted by Crippen LogP contribution is -2.24. The standard InChI is InChI=1S/C20H24N2O2/c23-19-15-16(18(22-19)14-11-7-3-4-8-12-14)20(24)21-17(15)13-9-5-1-2-6-10-13/h9,11H,1-8,10,12H2,(H,21,24)(H,22,23). The second kappa shape index (κ2) is 6.42. The van der Waals surface area contributed by atoms with Crippen molar-refractivity contribution in [1.29, 1.82) is 0 Å². The van der Waals surface area contributed by atoms with Gasteiger partial charge in [-0.1, -0.05) is 25.0 Å². The highest BCUT2D eigenvalue weighted by atomic mass is 16.2. The van der Waals surface area contributed by atoms with E-state index in [9.17, 15) is 9.59 Å². The van der Waals surface area contributed by atoms with Crippen molar-refractivity contribution in [3.8, 4) is 0 Å². The Hall–Kier alpha value is -2.10. The van der Waals surface area contributed by atoms with Crippen LogP contribution in [-0.2, 0) is 9.59 Å². The molecule has 4 heteroatoms. The molecule has 0 bridgehead atoms. The van der Waals surface area contributed by atoms with Crippen LogP contribution in [0.1, 0.15) is 64.2 Å². The van der Waals surface area contributed by atoms with E-state index < -0.39 is 0 Å². The van der Waals surface area contributed by atoms with Crippen LogP contribution in [0.4, 0.5) is 0 Å². The minimum atomic E-state index is -0.122. The minimum absolute atomic E-state index is 0.122. The van der Waals surface area contributed by atoms with Gasteiger partial charge in [-0.25, -0.2) is 0 Å². The number of amides is 2. The smallest absolute Gasteiger partial charge is 0.258 e. The zero-order valence-electron chi connectivity index (χ0n) is 14.0. The van der Waals surface area contributed by atoms with E-state index in [0.29, 0.717) is 11.1 Å². The monoisotopic (exact) mass is 324 g/mol. The Morgan fingerprint density at radius 3 is 1.54 bits per heavy atom. The second-order valence-electron chi connectivity index (χ2n) is 7.07. The molecule has 0 fully saturated rings. The summed E-state index contributed by atoms with van der Waals surface area (Å²) in [6.07, 6.45) is 15.4. The number of carbonyl (C=O) groups is 2. The Kier molecular flexibility index (Phi) is 4.13. The first-order valence-corrected chi connectivity index (χ1v) is 9.26. The third-order valence-corrected chi connectivity index (χ3v) is 5.41. The molecule has 24 heavy (non-hydrogen) atoms. The predicted octanol–water partition coefficient (Wildman–Crippen LogP) is 3.54. The summed E-state index contributed by atoms with van der Waals surface area (Å²) >= 11 is 0. The molecule has 0 aromatic carbocycles. The molecule has 2 N–H and O–H groups in total. The van der Waals surface area contributed by atoms with Gasteiger partial charge in [-0.05, 0) is 62.5 Å². The van der Waals surface area contributed by atoms with Gasteiger partial charge >= 0.3 is 0 Å². The van der Waals surface area contributed by atoms with E-state index in [0.717, 1.165) is 61.1 Å². The van der Waals surface area contributed by atoms with Gasteiger partial charge in [0.05, 0.1) is 22.5 Å². The molecule has 0 atom stereocenters. The van der Waals surface area contributed by atoms with Gasteiger partial charge in [-0.2, -0.15) is 0 Å².